The highest BCUT2D eigenvalue weighted by atomic mass is 32.2. The Bertz CT molecular complexity index is 1210. The fraction of sp³-hybridized carbons (Fsp3) is 0.360. The van der Waals surface area contributed by atoms with E-state index in [0.717, 1.165) is 22.6 Å². The molecule has 33 heavy (non-hydrogen) atoms. The van der Waals surface area contributed by atoms with Crippen molar-refractivity contribution in [2.24, 2.45) is 0 Å². The van der Waals surface area contributed by atoms with Crippen LogP contribution in [-0.4, -0.2) is 43.5 Å². The Morgan fingerprint density at radius 1 is 1.09 bits per heavy atom. The molecule has 0 atom stereocenters. The number of rotatable bonds is 8. The molecule has 0 aliphatic carbocycles. The van der Waals surface area contributed by atoms with Crippen molar-refractivity contribution in [3.8, 4) is 11.3 Å². The number of carbonyl (C=O) groups is 1. The number of nitrogens with one attached hydrogen (secondary N) is 1. The highest BCUT2D eigenvalue weighted by Crippen LogP contribution is 2.21. The maximum atomic E-state index is 13.0. The number of nitrogens with zero attached hydrogens (tertiary/aromatic N) is 2. The molecular formula is C25H31N3O4S. The van der Waals surface area contributed by atoms with Gasteiger partial charge in [0, 0.05) is 42.7 Å². The average Bonchev–Trinajstić information content (AvgIpc) is 3.21. The van der Waals surface area contributed by atoms with Gasteiger partial charge in [0.15, 0.2) is 0 Å². The van der Waals surface area contributed by atoms with Crippen molar-refractivity contribution in [1.82, 2.24) is 14.8 Å². The van der Waals surface area contributed by atoms with Crippen molar-refractivity contribution < 1.29 is 17.7 Å². The van der Waals surface area contributed by atoms with Gasteiger partial charge in [-0.25, -0.2) is 13.1 Å². The summed E-state index contributed by atoms with van der Waals surface area (Å²) in [6, 6.07) is 16.3. The summed E-state index contributed by atoms with van der Waals surface area (Å²) in [4.78, 5) is 14.7. The summed E-state index contributed by atoms with van der Waals surface area (Å²) in [7, 11) is -2.02. The molecule has 3 aromatic rings. The first kappa shape index (κ1) is 24.7. The van der Waals surface area contributed by atoms with Crippen molar-refractivity contribution in [2.45, 2.75) is 51.0 Å². The van der Waals surface area contributed by atoms with Crippen molar-refractivity contribution in [2.75, 3.05) is 13.6 Å². The Morgan fingerprint density at radius 3 is 2.45 bits per heavy atom. The summed E-state index contributed by atoms with van der Waals surface area (Å²) in [5, 5.41) is 4.12. The van der Waals surface area contributed by atoms with E-state index in [2.05, 4.69) is 9.88 Å². The van der Waals surface area contributed by atoms with Gasteiger partial charge in [-0.3, -0.25) is 4.79 Å². The van der Waals surface area contributed by atoms with E-state index >= 15 is 0 Å². The van der Waals surface area contributed by atoms with Crippen LogP contribution in [0.5, 0.6) is 0 Å². The fourth-order valence-electron chi connectivity index (χ4n) is 3.43. The second-order valence-corrected chi connectivity index (χ2v) is 10.9. The summed E-state index contributed by atoms with van der Waals surface area (Å²) in [5.41, 5.74) is 2.26. The second-order valence-electron chi connectivity index (χ2n) is 9.21. The van der Waals surface area contributed by atoms with Gasteiger partial charge in [-0.1, -0.05) is 41.6 Å². The lowest BCUT2D eigenvalue weighted by molar-refractivity contribution is 0.0792. The molecule has 7 nitrogen and oxygen atoms in total. The third-order valence-electron chi connectivity index (χ3n) is 5.08. The van der Waals surface area contributed by atoms with Gasteiger partial charge in [-0.15, -0.1) is 0 Å². The largest absolute Gasteiger partial charge is 0.361 e. The number of aryl methyl sites for hydroxylation is 2. The average molecular weight is 470 g/mol. The minimum Gasteiger partial charge on any atom is -0.361 e. The zero-order valence-corrected chi connectivity index (χ0v) is 20.6. The SMILES string of the molecule is Cc1ccc(S(=O)(=O)NC(C)(C)C)cc1C(=O)N(C)CCCc1cc(-c2ccccc2)no1. The van der Waals surface area contributed by atoms with E-state index < -0.39 is 15.6 Å². The third kappa shape index (κ3) is 6.52. The Hall–Kier alpha value is -2.97. The molecule has 1 amide bonds. The molecule has 0 aliphatic heterocycles. The molecule has 0 unspecified atom stereocenters. The summed E-state index contributed by atoms with van der Waals surface area (Å²) in [5.74, 6) is 0.537. The number of benzene rings is 2. The highest BCUT2D eigenvalue weighted by Gasteiger charge is 2.24. The van der Waals surface area contributed by atoms with Gasteiger partial charge in [0.1, 0.15) is 11.5 Å². The van der Waals surface area contributed by atoms with Gasteiger partial charge in [0.05, 0.1) is 4.90 Å². The van der Waals surface area contributed by atoms with Crippen LogP contribution in [0.15, 0.2) is 64.0 Å². The van der Waals surface area contributed by atoms with Crippen molar-refractivity contribution in [3.63, 3.8) is 0 Å². The van der Waals surface area contributed by atoms with Crippen molar-refractivity contribution >= 4 is 15.9 Å². The molecule has 0 fully saturated rings. The zero-order valence-electron chi connectivity index (χ0n) is 19.8. The first-order valence-corrected chi connectivity index (χ1v) is 12.4. The summed E-state index contributed by atoms with van der Waals surface area (Å²) >= 11 is 0. The topological polar surface area (TPSA) is 92.5 Å². The van der Waals surface area contributed by atoms with Crippen LogP contribution in [0.2, 0.25) is 0 Å². The van der Waals surface area contributed by atoms with E-state index in [1.54, 1.807) is 45.7 Å². The molecule has 2 aromatic carbocycles. The fourth-order valence-corrected chi connectivity index (χ4v) is 4.88. The molecule has 0 saturated carbocycles. The molecule has 0 bridgehead atoms. The Morgan fingerprint density at radius 2 is 1.79 bits per heavy atom. The Labute approximate surface area is 195 Å². The molecular weight excluding hydrogens is 438 g/mol. The molecule has 1 N–H and O–H groups in total. The van der Waals surface area contributed by atoms with E-state index in [1.807, 2.05) is 36.4 Å². The van der Waals surface area contributed by atoms with Crippen LogP contribution >= 0.6 is 0 Å². The van der Waals surface area contributed by atoms with Crippen LogP contribution in [0.4, 0.5) is 0 Å². The molecule has 176 valence electrons. The molecule has 0 spiro atoms. The quantitative estimate of drug-likeness (QED) is 0.527. The lowest BCUT2D eigenvalue weighted by Gasteiger charge is -2.22. The number of carbonyl (C=O) groups excluding carboxylic acids is 1. The van der Waals surface area contributed by atoms with Crippen LogP contribution < -0.4 is 4.72 Å². The van der Waals surface area contributed by atoms with Crippen LogP contribution in [-0.2, 0) is 16.4 Å². The van der Waals surface area contributed by atoms with E-state index in [0.29, 0.717) is 24.9 Å². The van der Waals surface area contributed by atoms with Crippen LogP contribution in [0.25, 0.3) is 11.3 Å². The standard InChI is InChI=1S/C25H31N3O4S/c1-18-13-14-21(33(30,31)27-25(2,3)4)17-22(18)24(29)28(5)15-9-12-20-16-23(26-32-20)19-10-7-6-8-11-19/h6-8,10-11,13-14,16-17,27H,9,12,15H2,1-5H3. The number of aromatic nitrogens is 1. The minimum absolute atomic E-state index is 0.0786. The molecule has 0 aliphatic rings. The number of hydrogen-bond donors (Lipinski definition) is 1. The maximum Gasteiger partial charge on any atom is 0.253 e. The third-order valence-corrected chi connectivity index (χ3v) is 6.84. The van der Waals surface area contributed by atoms with Gasteiger partial charge in [-0.05, 0) is 51.8 Å². The van der Waals surface area contributed by atoms with E-state index in [-0.39, 0.29) is 10.8 Å². The minimum atomic E-state index is -3.73. The summed E-state index contributed by atoms with van der Waals surface area (Å²) < 4.78 is 33.4. The lowest BCUT2D eigenvalue weighted by Crippen LogP contribution is -2.40. The molecule has 1 aromatic heterocycles. The van der Waals surface area contributed by atoms with Gasteiger partial charge < -0.3 is 9.42 Å². The van der Waals surface area contributed by atoms with Gasteiger partial charge >= 0.3 is 0 Å². The van der Waals surface area contributed by atoms with Crippen molar-refractivity contribution in [3.05, 3.63) is 71.5 Å². The van der Waals surface area contributed by atoms with Crippen molar-refractivity contribution in [1.29, 1.82) is 0 Å². The first-order valence-electron chi connectivity index (χ1n) is 10.9. The lowest BCUT2D eigenvalue weighted by atomic mass is 10.1. The second kappa shape index (κ2) is 9.89. The highest BCUT2D eigenvalue weighted by molar-refractivity contribution is 7.89. The number of amides is 1. The smallest absolute Gasteiger partial charge is 0.253 e. The van der Waals surface area contributed by atoms with Crippen LogP contribution in [0.1, 0.15) is 48.9 Å². The van der Waals surface area contributed by atoms with Gasteiger partial charge in [0.25, 0.3) is 5.91 Å². The van der Waals surface area contributed by atoms with Gasteiger partial charge in [-0.2, -0.15) is 0 Å². The molecule has 0 saturated heterocycles. The molecule has 0 radical (unpaired) electrons. The predicted molar refractivity (Wildman–Crippen MR) is 128 cm³/mol. The molecule has 3 rings (SSSR count). The van der Waals surface area contributed by atoms with Crippen LogP contribution in [0, 0.1) is 6.92 Å². The van der Waals surface area contributed by atoms with Gasteiger partial charge in [0.2, 0.25) is 10.0 Å². The Kier molecular flexibility index (Phi) is 7.39. The molecule has 8 heteroatoms. The van der Waals surface area contributed by atoms with E-state index in [4.69, 9.17) is 4.52 Å². The summed E-state index contributed by atoms with van der Waals surface area (Å²) in [6.07, 6.45) is 1.33. The van der Waals surface area contributed by atoms with E-state index in [1.165, 1.54) is 12.1 Å². The van der Waals surface area contributed by atoms with E-state index in [9.17, 15) is 13.2 Å². The normalized spacial score (nSPS) is 12.0. The zero-order chi connectivity index (χ0) is 24.2. The van der Waals surface area contributed by atoms with Crippen LogP contribution in [0.3, 0.4) is 0 Å². The number of sulfonamides is 1. The molecule has 1 heterocycles. The maximum absolute atomic E-state index is 13.0. The first-order chi connectivity index (χ1) is 15.5. The predicted octanol–water partition coefficient (Wildman–Crippen LogP) is 4.43. The number of hydrogen-bond acceptors (Lipinski definition) is 5. The Balaban J connectivity index is 1.64. The monoisotopic (exact) mass is 469 g/mol. The summed E-state index contributed by atoms with van der Waals surface area (Å²) in [6.45, 7) is 7.62.